The minimum atomic E-state index is -0.702. The third-order valence-electron chi connectivity index (χ3n) is 1.90. The molecule has 17 heavy (non-hydrogen) atoms. The van der Waals surface area contributed by atoms with Gasteiger partial charge in [-0.15, -0.1) is 0 Å². The van der Waals surface area contributed by atoms with E-state index in [0.29, 0.717) is 0 Å². The van der Waals surface area contributed by atoms with Crippen molar-refractivity contribution >= 4 is 5.91 Å². The van der Waals surface area contributed by atoms with E-state index in [2.05, 4.69) is 5.32 Å². The number of hydrogen-bond donors (Lipinski definition) is 2. The predicted molar refractivity (Wildman–Crippen MR) is 58.5 cm³/mol. The smallest absolute Gasteiger partial charge is 0.221 e. The van der Waals surface area contributed by atoms with Crippen molar-refractivity contribution in [1.82, 2.24) is 5.32 Å². The summed E-state index contributed by atoms with van der Waals surface area (Å²) in [6, 6.07) is 2.91. The Hall–Kier alpha value is -1.69. The Kier molecular flexibility index (Phi) is 5.35. The summed E-state index contributed by atoms with van der Waals surface area (Å²) in [7, 11) is 0. The van der Waals surface area contributed by atoms with Crippen LogP contribution in [0.15, 0.2) is 18.2 Å². The summed E-state index contributed by atoms with van der Waals surface area (Å²) >= 11 is 0. The standard InChI is InChI=1S/C11H14F2N2O2/c12-8-5-9(13)7-10(6-8)17-4-3-15-11(16)1-2-14/h5-7H,1-4,14H2,(H,15,16). The summed E-state index contributed by atoms with van der Waals surface area (Å²) in [6.07, 6.45) is 0.245. The lowest BCUT2D eigenvalue weighted by Crippen LogP contribution is -2.29. The summed E-state index contributed by atoms with van der Waals surface area (Å²) in [5.74, 6) is -1.49. The van der Waals surface area contributed by atoms with Crippen molar-refractivity contribution in [3.63, 3.8) is 0 Å². The fourth-order valence-corrected chi connectivity index (χ4v) is 1.19. The molecule has 0 heterocycles. The Morgan fingerprint density at radius 3 is 2.53 bits per heavy atom. The molecule has 0 unspecified atom stereocenters. The largest absolute Gasteiger partial charge is 0.492 e. The van der Waals surface area contributed by atoms with Gasteiger partial charge in [0.15, 0.2) is 0 Å². The lowest BCUT2D eigenvalue weighted by atomic mass is 10.3. The molecule has 0 bridgehead atoms. The van der Waals surface area contributed by atoms with Crippen molar-refractivity contribution < 1.29 is 18.3 Å². The van der Waals surface area contributed by atoms with Crippen LogP contribution in [0.5, 0.6) is 5.75 Å². The van der Waals surface area contributed by atoms with Gasteiger partial charge in [-0.05, 0) is 0 Å². The van der Waals surface area contributed by atoms with Crippen LogP contribution in [0.2, 0.25) is 0 Å². The highest BCUT2D eigenvalue weighted by Gasteiger charge is 2.02. The van der Waals surface area contributed by atoms with Gasteiger partial charge in [-0.1, -0.05) is 0 Å². The molecular weight excluding hydrogens is 230 g/mol. The van der Waals surface area contributed by atoms with E-state index in [9.17, 15) is 13.6 Å². The van der Waals surface area contributed by atoms with E-state index in [4.69, 9.17) is 10.5 Å². The molecule has 0 atom stereocenters. The van der Waals surface area contributed by atoms with Crippen LogP contribution in [-0.4, -0.2) is 25.6 Å². The van der Waals surface area contributed by atoms with Crippen LogP contribution < -0.4 is 15.8 Å². The van der Waals surface area contributed by atoms with Gasteiger partial charge in [0, 0.05) is 31.2 Å². The van der Waals surface area contributed by atoms with Crippen molar-refractivity contribution in [3.8, 4) is 5.75 Å². The molecule has 0 aliphatic rings. The van der Waals surface area contributed by atoms with Crippen LogP contribution in [0.3, 0.4) is 0 Å². The maximum atomic E-state index is 12.8. The summed E-state index contributed by atoms with van der Waals surface area (Å²) in [5, 5.41) is 2.55. The Morgan fingerprint density at radius 2 is 1.94 bits per heavy atom. The molecule has 1 amide bonds. The van der Waals surface area contributed by atoms with Crippen molar-refractivity contribution in [3.05, 3.63) is 29.8 Å². The monoisotopic (exact) mass is 244 g/mol. The first-order chi connectivity index (χ1) is 8.11. The third-order valence-corrected chi connectivity index (χ3v) is 1.90. The second-order valence-corrected chi connectivity index (χ2v) is 3.34. The molecule has 0 fully saturated rings. The summed E-state index contributed by atoms with van der Waals surface area (Å²) in [5.41, 5.74) is 5.18. The summed E-state index contributed by atoms with van der Waals surface area (Å²) in [4.78, 5) is 11.0. The molecular formula is C11H14F2N2O2. The van der Waals surface area contributed by atoms with Gasteiger partial charge in [-0.25, -0.2) is 8.78 Å². The van der Waals surface area contributed by atoms with Crippen LogP contribution in [0.1, 0.15) is 6.42 Å². The zero-order valence-electron chi connectivity index (χ0n) is 9.21. The van der Waals surface area contributed by atoms with Crippen molar-refractivity contribution in [2.24, 2.45) is 5.73 Å². The number of rotatable bonds is 6. The number of hydrogen-bond acceptors (Lipinski definition) is 3. The first-order valence-corrected chi connectivity index (χ1v) is 5.17. The van der Waals surface area contributed by atoms with E-state index in [0.717, 1.165) is 18.2 Å². The maximum Gasteiger partial charge on any atom is 0.221 e. The highest BCUT2D eigenvalue weighted by Crippen LogP contribution is 2.14. The van der Waals surface area contributed by atoms with Crippen molar-refractivity contribution in [1.29, 1.82) is 0 Å². The van der Waals surface area contributed by atoms with E-state index in [1.165, 1.54) is 0 Å². The predicted octanol–water partition coefficient (Wildman–Crippen LogP) is 0.809. The van der Waals surface area contributed by atoms with Crippen molar-refractivity contribution in [2.45, 2.75) is 6.42 Å². The molecule has 0 saturated heterocycles. The first-order valence-electron chi connectivity index (χ1n) is 5.17. The zero-order valence-corrected chi connectivity index (χ0v) is 9.21. The molecule has 0 saturated carbocycles. The van der Waals surface area contributed by atoms with Crippen LogP contribution in [-0.2, 0) is 4.79 Å². The van der Waals surface area contributed by atoms with Gasteiger partial charge >= 0.3 is 0 Å². The molecule has 0 radical (unpaired) electrons. The molecule has 0 spiro atoms. The van der Waals surface area contributed by atoms with Gasteiger partial charge in [-0.2, -0.15) is 0 Å². The van der Waals surface area contributed by atoms with E-state index in [1.807, 2.05) is 0 Å². The Morgan fingerprint density at radius 1 is 1.29 bits per heavy atom. The topological polar surface area (TPSA) is 64.4 Å². The molecule has 0 aliphatic carbocycles. The van der Waals surface area contributed by atoms with Gasteiger partial charge in [0.1, 0.15) is 24.0 Å². The lowest BCUT2D eigenvalue weighted by molar-refractivity contribution is -0.121. The number of halogens is 2. The van der Waals surface area contributed by atoms with E-state index in [1.54, 1.807) is 0 Å². The highest BCUT2D eigenvalue weighted by molar-refractivity contribution is 5.75. The SMILES string of the molecule is NCCC(=O)NCCOc1cc(F)cc(F)c1. The van der Waals surface area contributed by atoms with Crippen LogP contribution in [0.25, 0.3) is 0 Å². The van der Waals surface area contributed by atoms with E-state index < -0.39 is 11.6 Å². The van der Waals surface area contributed by atoms with E-state index in [-0.39, 0.29) is 37.8 Å². The molecule has 3 N–H and O–H groups in total. The summed E-state index contributed by atoms with van der Waals surface area (Å²) in [6.45, 7) is 0.679. The minimum absolute atomic E-state index is 0.0931. The molecule has 94 valence electrons. The average molecular weight is 244 g/mol. The Balaban J connectivity index is 2.28. The number of carbonyl (C=O) groups excluding carboxylic acids is 1. The minimum Gasteiger partial charge on any atom is -0.492 e. The van der Waals surface area contributed by atoms with Crippen LogP contribution >= 0.6 is 0 Å². The lowest BCUT2D eigenvalue weighted by Gasteiger charge is -2.07. The fourth-order valence-electron chi connectivity index (χ4n) is 1.19. The molecule has 1 rings (SSSR count). The fraction of sp³-hybridized carbons (Fsp3) is 0.364. The molecule has 4 nitrogen and oxygen atoms in total. The number of ether oxygens (including phenoxy) is 1. The van der Waals surface area contributed by atoms with Crippen molar-refractivity contribution in [2.75, 3.05) is 19.7 Å². The van der Waals surface area contributed by atoms with Gasteiger partial charge in [0.25, 0.3) is 0 Å². The number of nitrogens with one attached hydrogen (secondary N) is 1. The number of carbonyl (C=O) groups is 1. The number of benzene rings is 1. The van der Waals surface area contributed by atoms with Crippen LogP contribution in [0, 0.1) is 11.6 Å². The quantitative estimate of drug-likeness (QED) is 0.728. The van der Waals surface area contributed by atoms with E-state index >= 15 is 0 Å². The zero-order chi connectivity index (χ0) is 12.7. The Bertz CT molecular complexity index is 365. The van der Waals surface area contributed by atoms with Gasteiger partial charge in [0.05, 0.1) is 6.54 Å². The average Bonchev–Trinajstić information content (AvgIpc) is 2.23. The molecule has 0 aliphatic heterocycles. The number of nitrogens with two attached hydrogens (primary N) is 1. The highest BCUT2D eigenvalue weighted by atomic mass is 19.1. The third kappa shape index (κ3) is 5.26. The van der Waals surface area contributed by atoms with Gasteiger partial charge in [0.2, 0.25) is 5.91 Å². The first kappa shape index (κ1) is 13.4. The van der Waals surface area contributed by atoms with Crippen LogP contribution in [0.4, 0.5) is 8.78 Å². The molecule has 6 heteroatoms. The normalized spacial score (nSPS) is 10.1. The maximum absolute atomic E-state index is 12.8. The second kappa shape index (κ2) is 6.80. The molecule has 0 aromatic heterocycles. The Labute approximate surface area is 97.8 Å². The second-order valence-electron chi connectivity index (χ2n) is 3.34. The number of amides is 1. The van der Waals surface area contributed by atoms with Gasteiger partial charge in [-0.3, -0.25) is 4.79 Å². The molecule has 1 aromatic rings. The summed E-state index contributed by atoms with van der Waals surface area (Å²) < 4.78 is 30.6. The van der Waals surface area contributed by atoms with Gasteiger partial charge < -0.3 is 15.8 Å². The molecule has 1 aromatic carbocycles.